The molecule has 0 saturated carbocycles. The minimum atomic E-state index is -4.80. The van der Waals surface area contributed by atoms with Gasteiger partial charge < -0.3 is 9.47 Å². The van der Waals surface area contributed by atoms with Gasteiger partial charge in [-0.15, -0.1) is 0 Å². The number of hydrogen-bond donors (Lipinski definition) is 0. The smallest absolute Gasteiger partial charge is 0.435 e. The number of nitrogens with zero attached hydrogens (tertiary/aromatic N) is 2. The van der Waals surface area contributed by atoms with E-state index in [0.717, 1.165) is 17.5 Å². The lowest BCUT2D eigenvalue weighted by atomic mass is 10.1. The minimum Gasteiger partial charge on any atom is -0.451 e. The molecule has 150 valence electrons. The first-order valence-electron chi connectivity index (χ1n) is 9.06. The van der Waals surface area contributed by atoms with Gasteiger partial charge in [0.25, 0.3) is 0 Å². The first-order chi connectivity index (χ1) is 13.4. The number of alkyl halides is 4. The van der Waals surface area contributed by atoms with Crippen LogP contribution in [0.1, 0.15) is 58.9 Å². The van der Waals surface area contributed by atoms with Crippen molar-refractivity contribution < 1.29 is 31.8 Å². The summed E-state index contributed by atoms with van der Waals surface area (Å²) in [5.41, 5.74) is -1.40. The molecule has 1 aliphatic carbocycles. The zero-order valence-electron chi connectivity index (χ0n) is 14.8. The Labute approximate surface area is 158 Å². The lowest BCUT2D eigenvalue weighted by Crippen LogP contribution is -2.23. The maximum Gasteiger partial charge on any atom is 0.435 e. The third-order valence-electron chi connectivity index (χ3n) is 4.99. The van der Waals surface area contributed by atoms with E-state index < -0.39 is 41.9 Å². The Hall–Kier alpha value is -2.42. The van der Waals surface area contributed by atoms with E-state index in [0.29, 0.717) is 13.0 Å². The second-order valence-electron chi connectivity index (χ2n) is 6.88. The lowest BCUT2D eigenvalue weighted by Gasteiger charge is -2.24. The molecule has 0 spiro atoms. The average Bonchev–Trinajstić information content (AvgIpc) is 3.20. The van der Waals surface area contributed by atoms with Gasteiger partial charge in [-0.05, 0) is 31.4 Å². The molecule has 0 N–H and O–H groups in total. The van der Waals surface area contributed by atoms with E-state index in [-0.39, 0.29) is 17.7 Å². The molecular formula is C19H18F4N2O3. The van der Waals surface area contributed by atoms with Crippen LogP contribution in [-0.4, -0.2) is 28.5 Å². The van der Waals surface area contributed by atoms with Crippen LogP contribution in [0.25, 0.3) is 0 Å². The van der Waals surface area contributed by atoms with E-state index in [1.54, 1.807) is 18.2 Å². The number of carbonyl (C=O) groups is 1. The summed E-state index contributed by atoms with van der Waals surface area (Å²) >= 11 is 0. The second kappa shape index (κ2) is 7.20. The summed E-state index contributed by atoms with van der Waals surface area (Å²) in [5.74, 6) is -0.879. The highest BCUT2D eigenvalue weighted by molar-refractivity contribution is 5.89. The number of ether oxygens (including phenoxy) is 2. The second-order valence-corrected chi connectivity index (χ2v) is 6.88. The van der Waals surface area contributed by atoms with Crippen molar-refractivity contribution in [3.63, 3.8) is 0 Å². The zero-order valence-corrected chi connectivity index (χ0v) is 14.8. The third-order valence-corrected chi connectivity index (χ3v) is 4.99. The Morgan fingerprint density at radius 3 is 2.61 bits per heavy atom. The number of benzene rings is 1. The summed E-state index contributed by atoms with van der Waals surface area (Å²) < 4.78 is 67.3. The van der Waals surface area contributed by atoms with Crippen molar-refractivity contribution in [1.82, 2.24) is 9.78 Å². The van der Waals surface area contributed by atoms with E-state index in [1.165, 1.54) is 12.1 Å². The van der Waals surface area contributed by atoms with Gasteiger partial charge in [0, 0.05) is 18.6 Å². The van der Waals surface area contributed by atoms with Gasteiger partial charge in [0.1, 0.15) is 12.4 Å². The Morgan fingerprint density at radius 1 is 1.21 bits per heavy atom. The van der Waals surface area contributed by atoms with Gasteiger partial charge in [-0.3, -0.25) is 0 Å². The van der Waals surface area contributed by atoms with Gasteiger partial charge in [-0.2, -0.15) is 18.3 Å². The molecule has 1 fully saturated rings. The molecule has 2 aliphatic rings. The van der Waals surface area contributed by atoms with Crippen LogP contribution in [0, 0.1) is 0 Å². The molecule has 9 heteroatoms. The largest absolute Gasteiger partial charge is 0.451 e. The number of fused-ring (bicyclic) bond motifs is 1. The molecule has 1 aromatic carbocycles. The molecule has 0 bridgehead atoms. The van der Waals surface area contributed by atoms with E-state index in [1.807, 2.05) is 0 Å². The van der Waals surface area contributed by atoms with Crippen molar-refractivity contribution >= 4 is 5.97 Å². The van der Waals surface area contributed by atoms with Crippen LogP contribution in [0.5, 0.6) is 0 Å². The molecular weight excluding hydrogens is 380 g/mol. The number of hydrogen-bond acceptors (Lipinski definition) is 4. The van der Waals surface area contributed by atoms with Gasteiger partial charge in [0.2, 0.25) is 0 Å². The van der Waals surface area contributed by atoms with Crippen molar-refractivity contribution in [2.24, 2.45) is 0 Å². The Kier molecular flexibility index (Phi) is 4.86. The maximum absolute atomic E-state index is 14.7. The van der Waals surface area contributed by atoms with E-state index in [4.69, 9.17) is 9.47 Å². The number of carbonyl (C=O) groups excluding carboxylic acids is 1. The highest BCUT2D eigenvalue weighted by atomic mass is 19.4. The van der Waals surface area contributed by atoms with Crippen LogP contribution in [0.15, 0.2) is 30.3 Å². The Balaban J connectivity index is 1.71. The molecule has 28 heavy (non-hydrogen) atoms. The van der Waals surface area contributed by atoms with Crippen LogP contribution in [0.4, 0.5) is 17.6 Å². The summed E-state index contributed by atoms with van der Waals surface area (Å²) in [4.78, 5) is 12.3. The quantitative estimate of drug-likeness (QED) is 0.568. The van der Waals surface area contributed by atoms with Crippen molar-refractivity contribution in [3.05, 3.63) is 52.8 Å². The van der Waals surface area contributed by atoms with Gasteiger partial charge in [-0.25, -0.2) is 13.9 Å². The molecule has 4 rings (SSSR count). The van der Waals surface area contributed by atoms with Gasteiger partial charge in [0.05, 0.1) is 11.3 Å². The van der Waals surface area contributed by atoms with E-state index in [2.05, 4.69) is 5.10 Å². The number of halogens is 4. The number of esters is 1. The van der Waals surface area contributed by atoms with E-state index >= 15 is 0 Å². The fourth-order valence-electron chi connectivity index (χ4n) is 3.71. The molecule has 1 aliphatic heterocycles. The first-order valence-corrected chi connectivity index (χ1v) is 9.06. The highest BCUT2D eigenvalue weighted by Gasteiger charge is 2.49. The molecule has 2 aromatic rings. The zero-order chi connectivity index (χ0) is 19.9. The topological polar surface area (TPSA) is 53.3 Å². The van der Waals surface area contributed by atoms with Gasteiger partial charge >= 0.3 is 12.1 Å². The molecule has 0 amide bonds. The Bertz CT molecular complexity index is 860. The van der Waals surface area contributed by atoms with Crippen molar-refractivity contribution in [2.45, 2.75) is 50.4 Å². The fraction of sp³-hybridized carbons (Fsp3) is 0.474. The monoisotopic (exact) mass is 398 g/mol. The van der Waals surface area contributed by atoms with Crippen molar-refractivity contribution in [3.8, 4) is 0 Å². The molecule has 1 aromatic heterocycles. The summed E-state index contributed by atoms with van der Waals surface area (Å²) in [7, 11) is 0. The minimum absolute atomic E-state index is 0.0811. The first kappa shape index (κ1) is 18.9. The maximum atomic E-state index is 14.7. The Morgan fingerprint density at radius 2 is 1.96 bits per heavy atom. The summed E-state index contributed by atoms with van der Waals surface area (Å²) in [5, 5.41) is 3.70. The fourth-order valence-corrected chi connectivity index (χ4v) is 3.71. The molecule has 0 radical (unpaired) electrons. The number of rotatable bonds is 3. The van der Waals surface area contributed by atoms with Crippen LogP contribution in [0.3, 0.4) is 0 Å². The highest BCUT2D eigenvalue weighted by Crippen LogP contribution is 2.45. The standard InChI is InChI=1S/C19H18F4N2O3/c20-12-10-13-15(16(12)28-18(26)11-6-2-1-3-7-11)17(19(21,22)23)24-25(13)14-8-4-5-9-27-14/h1-3,6-7,12,14,16H,4-5,8-10H2/t12-,14?,16-/m1/s1. The molecule has 2 heterocycles. The lowest BCUT2D eigenvalue weighted by molar-refractivity contribution is -0.144. The van der Waals surface area contributed by atoms with Crippen LogP contribution < -0.4 is 0 Å². The molecule has 1 unspecified atom stereocenters. The van der Waals surface area contributed by atoms with E-state index in [9.17, 15) is 22.4 Å². The predicted molar refractivity (Wildman–Crippen MR) is 89.3 cm³/mol. The van der Waals surface area contributed by atoms with Gasteiger partial charge in [-0.1, -0.05) is 18.2 Å². The van der Waals surface area contributed by atoms with Crippen molar-refractivity contribution in [2.75, 3.05) is 6.61 Å². The predicted octanol–water partition coefficient (Wildman–Crippen LogP) is 4.39. The normalized spacial score (nSPS) is 24.8. The van der Waals surface area contributed by atoms with Gasteiger partial charge in [0.15, 0.2) is 11.8 Å². The molecule has 1 saturated heterocycles. The van der Waals surface area contributed by atoms with Crippen LogP contribution in [0.2, 0.25) is 0 Å². The molecule has 5 nitrogen and oxygen atoms in total. The third kappa shape index (κ3) is 3.39. The molecule has 3 atom stereocenters. The summed E-state index contributed by atoms with van der Waals surface area (Å²) in [6, 6.07) is 7.76. The SMILES string of the molecule is O=C(O[C@H]1c2c(C(F)(F)F)nn(C3CCCCO3)c2C[C@H]1F)c1ccccc1. The van der Waals surface area contributed by atoms with Crippen LogP contribution in [-0.2, 0) is 22.1 Å². The number of aromatic nitrogens is 2. The average molecular weight is 398 g/mol. The summed E-state index contributed by atoms with van der Waals surface area (Å²) in [6.45, 7) is 0.409. The van der Waals surface area contributed by atoms with Crippen molar-refractivity contribution in [1.29, 1.82) is 0 Å². The van der Waals surface area contributed by atoms with Crippen LogP contribution >= 0.6 is 0 Å². The summed E-state index contributed by atoms with van der Waals surface area (Å²) in [6.07, 6.45) is -7.13.